The van der Waals surface area contributed by atoms with Crippen LogP contribution in [0.4, 0.5) is 5.69 Å². The van der Waals surface area contributed by atoms with Gasteiger partial charge in [-0.25, -0.2) is 0 Å². The number of nitrogens with zero attached hydrogens (tertiary/aromatic N) is 2. The summed E-state index contributed by atoms with van der Waals surface area (Å²) in [6, 6.07) is 6.43. The van der Waals surface area contributed by atoms with E-state index in [0.29, 0.717) is 13.1 Å². The molecule has 0 aromatic heterocycles. The molecule has 0 aliphatic rings. The molecular weight excluding hydrogens is 260 g/mol. The molecule has 110 valence electrons. The largest absolute Gasteiger partial charge is 0.481 e. The minimum absolute atomic E-state index is 0.0478. The van der Waals surface area contributed by atoms with Crippen molar-refractivity contribution in [3.63, 3.8) is 0 Å². The van der Waals surface area contributed by atoms with E-state index in [9.17, 15) is 14.9 Å². The first kappa shape index (κ1) is 16.1. The molecule has 0 atom stereocenters. The van der Waals surface area contributed by atoms with Crippen molar-refractivity contribution in [3.8, 4) is 0 Å². The average Bonchev–Trinajstić information content (AvgIpc) is 2.33. The van der Waals surface area contributed by atoms with Gasteiger partial charge in [0.15, 0.2) is 0 Å². The lowest BCUT2D eigenvalue weighted by Gasteiger charge is -2.35. The van der Waals surface area contributed by atoms with Crippen molar-refractivity contribution >= 4 is 11.7 Å². The molecule has 0 aliphatic heterocycles. The van der Waals surface area contributed by atoms with Crippen LogP contribution in [0, 0.1) is 10.1 Å². The Morgan fingerprint density at radius 2 is 2.05 bits per heavy atom. The van der Waals surface area contributed by atoms with Gasteiger partial charge in [0.25, 0.3) is 5.69 Å². The van der Waals surface area contributed by atoms with Crippen molar-refractivity contribution in [1.29, 1.82) is 0 Å². The lowest BCUT2D eigenvalue weighted by atomic mass is 10.0. The summed E-state index contributed by atoms with van der Waals surface area (Å²) in [4.78, 5) is 23.0. The highest BCUT2D eigenvalue weighted by Gasteiger charge is 2.22. The summed E-state index contributed by atoms with van der Waals surface area (Å²) < 4.78 is 0. The second kappa shape index (κ2) is 6.47. The first-order valence-electron chi connectivity index (χ1n) is 6.40. The summed E-state index contributed by atoms with van der Waals surface area (Å²) in [5.41, 5.74) is 0.647. The number of carboxylic acid groups (broad SMARTS) is 1. The maximum atomic E-state index is 10.8. The van der Waals surface area contributed by atoms with Crippen molar-refractivity contribution in [3.05, 3.63) is 39.9 Å². The number of nitro benzene ring substituents is 1. The SMILES string of the molecule is CC(C)(C)N(CCC(=O)O)Cc1cccc([N+](=O)[O-])c1. The van der Waals surface area contributed by atoms with Crippen LogP contribution < -0.4 is 0 Å². The van der Waals surface area contributed by atoms with Gasteiger partial charge in [0.05, 0.1) is 11.3 Å². The monoisotopic (exact) mass is 280 g/mol. The smallest absolute Gasteiger partial charge is 0.304 e. The van der Waals surface area contributed by atoms with Gasteiger partial charge in [0.1, 0.15) is 0 Å². The molecule has 0 fully saturated rings. The predicted molar refractivity (Wildman–Crippen MR) is 75.5 cm³/mol. The highest BCUT2D eigenvalue weighted by atomic mass is 16.6. The van der Waals surface area contributed by atoms with Crippen LogP contribution in [-0.2, 0) is 11.3 Å². The minimum Gasteiger partial charge on any atom is -0.481 e. The van der Waals surface area contributed by atoms with Crippen LogP contribution in [0.15, 0.2) is 24.3 Å². The number of hydrogen-bond acceptors (Lipinski definition) is 4. The molecule has 6 heteroatoms. The summed E-state index contributed by atoms with van der Waals surface area (Å²) in [5.74, 6) is -0.849. The third kappa shape index (κ3) is 4.97. The number of benzene rings is 1. The zero-order valence-electron chi connectivity index (χ0n) is 12.0. The third-order valence-corrected chi connectivity index (χ3v) is 3.04. The van der Waals surface area contributed by atoms with Crippen LogP contribution in [0.25, 0.3) is 0 Å². The van der Waals surface area contributed by atoms with Crippen LogP contribution in [0.1, 0.15) is 32.8 Å². The molecule has 0 amide bonds. The molecule has 0 unspecified atom stereocenters. The van der Waals surface area contributed by atoms with Gasteiger partial charge in [-0.2, -0.15) is 0 Å². The molecule has 1 rings (SSSR count). The number of carbonyl (C=O) groups is 1. The van der Waals surface area contributed by atoms with Crippen molar-refractivity contribution in [1.82, 2.24) is 4.90 Å². The molecule has 0 radical (unpaired) electrons. The summed E-state index contributed by atoms with van der Waals surface area (Å²) in [6.45, 7) is 6.87. The van der Waals surface area contributed by atoms with E-state index in [1.807, 2.05) is 31.7 Å². The average molecular weight is 280 g/mol. The van der Waals surface area contributed by atoms with Crippen molar-refractivity contribution in [2.24, 2.45) is 0 Å². The van der Waals surface area contributed by atoms with Gasteiger partial charge in [0.2, 0.25) is 0 Å². The molecule has 1 aromatic rings. The molecular formula is C14H20N2O4. The Morgan fingerprint density at radius 1 is 1.40 bits per heavy atom. The molecule has 0 aliphatic carbocycles. The molecule has 0 bridgehead atoms. The van der Waals surface area contributed by atoms with Gasteiger partial charge in [-0.05, 0) is 26.3 Å². The summed E-state index contributed by atoms with van der Waals surface area (Å²) >= 11 is 0. The topological polar surface area (TPSA) is 83.7 Å². The molecule has 0 heterocycles. The van der Waals surface area contributed by atoms with E-state index in [-0.39, 0.29) is 17.6 Å². The Hall–Kier alpha value is -1.95. The fraction of sp³-hybridized carbons (Fsp3) is 0.500. The first-order chi connectivity index (χ1) is 9.20. The summed E-state index contributed by atoms with van der Waals surface area (Å²) in [7, 11) is 0. The van der Waals surface area contributed by atoms with Gasteiger partial charge < -0.3 is 5.11 Å². The predicted octanol–water partition coefficient (Wildman–Crippen LogP) is 2.67. The molecule has 1 N–H and O–H groups in total. The Kier molecular flexibility index (Phi) is 5.21. The van der Waals surface area contributed by atoms with E-state index < -0.39 is 10.9 Å². The van der Waals surface area contributed by atoms with E-state index in [1.54, 1.807) is 6.07 Å². The molecule has 0 spiro atoms. The van der Waals surface area contributed by atoms with Crippen molar-refractivity contribution in [2.45, 2.75) is 39.3 Å². The maximum Gasteiger partial charge on any atom is 0.304 e. The summed E-state index contributed by atoms with van der Waals surface area (Å²) in [6.07, 6.45) is 0.0478. The van der Waals surface area contributed by atoms with Gasteiger partial charge >= 0.3 is 5.97 Å². The number of hydrogen-bond donors (Lipinski definition) is 1. The first-order valence-corrected chi connectivity index (χ1v) is 6.40. The van der Waals surface area contributed by atoms with Gasteiger partial charge in [-0.3, -0.25) is 19.8 Å². The molecule has 20 heavy (non-hydrogen) atoms. The Bertz CT molecular complexity index is 494. The maximum absolute atomic E-state index is 10.8. The van der Waals surface area contributed by atoms with Gasteiger partial charge in [-0.1, -0.05) is 12.1 Å². The van der Waals surface area contributed by atoms with Gasteiger partial charge in [-0.15, -0.1) is 0 Å². The molecule has 6 nitrogen and oxygen atoms in total. The van der Waals surface area contributed by atoms with Crippen molar-refractivity contribution in [2.75, 3.05) is 6.54 Å². The standard InChI is InChI=1S/C14H20N2O4/c1-14(2,3)15(8-7-13(17)18)10-11-5-4-6-12(9-11)16(19)20/h4-6,9H,7-8,10H2,1-3H3,(H,17,18). The normalized spacial score (nSPS) is 11.6. The van der Waals surface area contributed by atoms with Crippen molar-refractivity contribution < 1.29 is 14.8 Å². The Balaban J connectivity index is 2.86. The molecule has 0 saturated carbocycles. The highest BCUT2D eigenvalue weighted by Crippen LogP contribution is 2.20. The Labute approximate surface area is 118 Å². The number of aliphatic carboxylic acids is 1. The lowest BCUT2D eigenvalue weighted by molar-refractivity contribution is -0.384. The molecule has 1 aromatic carbocycles. The quantitative estimate of drug-likeness (QED) is 0.639. The van der Waals surface area contributed by atoms with Crippen LogP contribution >= 0.6 is 0 Å². The second-order valence-electron chi connectivity index (χ2n) is 5.66. The van der Waals surface area contributed by atoms with Crippen LogP contribution in [0.3, 0.4) is 0 Å². The number of carboxylic acids is 1. The van der Waals surface area contributed by atoms with E-state index in [4.69, 9.17) is 5.11 Å². The van der Waals surface area contributed by atoms with Crippen LogP contribution in [0.5, 0.6) is 0 Å². The fourth-order valence-corrected chi connectivity index (χ4v) is 1.87. The Morgan fingerprint density at radius 3 is 2.55 bits per heavy atom. The highest BCUT2D eigenvalue weighted by molar-refractivity contribution is 5.66. The zero-order valence-corrected chi connectivity index (χ0v) is 12.0. The van der Waals surface area contributed by atoms with Crippen LogP contribution in [0.2, 0.25) is 0 Å². The summed E-state index contributed by atoms with van der Waals surface area (Å²) in [5, 5.41) is 19.6. The second-order valence-corrected chi connectivity index (χ2v) is 5.66. The third-order valence-electron chi connectivity index (χ3n) is 3.04. The zero-order chi connectivity index (χ0) is 15.3. The number of rotatable bonds is 6. The molecule has 0 saturated heterocycles. The van der Waals surface area contributed by atoms with Crippen LogP contribution in [-0.4, -0.2) is 33.0 Å². The minimum atomic E-state index is -0.849. The fourth-order valence-electron chi connectivity index (χ4n) is 1.87. The lowest BCUT2D eigenvalue weighted by Crippen LogP contribution is -2.42. The number of nitro groups is 1. The van der Waals surface area contributed by atoms with E-state index in [1.165, 1.54) is 12.1 Å². The van der Waals surface area contributed by atoms with Gasteiger partial charge in [0, 0.05) is 30.8 Å². The van der Waals surface area contributed by atoms with E-state index in [0.717, 1.165) is 5.56 Å². The number of non-ortho nitro benzene ring substituents is 1. The van der Waals surface area contributed by atoms with E-state index in [2.05, 4.69) is 0 Å². The van der Waals surface area contributed by atoms with E-state index >= 15 is 0 Å².